The molecule has 106 valence electrons. The van der Waals surface area contributed by atoms with Gasteiger partial charge in [-0.25, -0.2) is 0 Å². The predicted octanol–water partition coefficient (Wildman–Crippen LogP) is 3.59. The van der Waals surface area contributed by atoms with Gasteiger partial charge >= 0.3 is 0 Å². The molecule has 2 atom stereocenters. The van der Waals surface area contributed by atoms with Gasteiger partial charge in [0.1, 0.15) is 0 Å². The number of nitrogens with one attached hydrogen (secondary N) is 1. The van der Waals surface area contributed by atoms with Crippen molar-refractivity contribution >= 4 is 0 Å². The van der Waals surface area contributed by atoms with Gasteiger partial charge in [0, 0.05) is 11.6 Å². The fourth-order valence-electron chi connectivity index (χ4n) is 3.58. The van der Waals surface area contributed by atoms with E-state index in [9.17, 15) is 0 Å². The van der Waals surface area contributed by atoms with Gasteiger partial charge in [-0.2, -0.15) is 0 Å². The summed E-state index contributed by atoms with van der Waals surface area (Å²) < 4.78 is 0. The normalized spacial score (nSPS) is 21.6. The minimum absolute atomic E-state index is 0.238. The molecule has 1 rings (SSSR count). The van der Waals surface area contributed by atoms with Gasteiger partial charge in [-0.05, 0) is 59.2 Å². The van der Waals surface area contributed by atoms with Gasteiger partial charge < -0.3 is 5.32 Å². The highest BCUT2D eigenvalue weighted by atomic mass is 15.2. The maximum Gasteiger partial charge on any atom is 0.0461 e. The van der Waals surface area contributed by atoms with Gasteiger partial charge in [0.2, 0.25) is 0 Å². The average Bonchev–Trinajstić information content (AvgIpc) is 2.42. The highest BCUT2D eigenvalue weighted by Gasteiger charge is 2.38. The van der Waals surface area contributed by atoms with Gasteiger partial charge in [0.05, 0.1) is 0 Å². The lowest BCUT2D eigenvalue weighted by Gasteiger charge is -2.47. The Morgan fingerprint density at radius 1 is 1.28 bits per heavy atom. The number of hydrogen-bond donors (Lipinski definition) is 1. The van der Waals surface area contributed by atoms with Gasteiger partial charge in [-0.1, -0.05) is 32.4 Å². The third-order valence-electron chi connectivity index (χ3n) is 4.81. The van der Waals surface area contributed by atoms with E-state index < -0.39 is 0 Å². The summed E-state index contributed by atoms with van der Waals surface area (Å²) >= 11 is 0. The first-order valence-electron chi connectivity index (χ1n) is 7.75. The molecule has 2 heteroatoms. The van der Waals surface area contributed by atoms with Crippen LogP contribution in [0.25, 0.3) is 0 Å². The number of hydrogen-bond acceptors (Lipinski definition) is 2. The van der Waals surface area contributed by atoms with Crippen molar-refractivity contribution in [2.45, 2.75) is 71.4 Å². The van der Waals surface area contributed by atoms with Crippen molar-refractivity contribution in [1.82, 2.24) is 10.2 Å². The largest absolute Gasteiger partial charge is 0.312 e. The maximum atomic E-state index is 3.60. The Hall–Kier alpha value is -0.340. The van der Waals surface area contributed by atoms with Gasteiger partial charge in [0.15, 0.2) is 0 Å². The second kappa shape index (κ2) is 7.30. The Morgan fingerprint density at radius 2 is 1.94 bits per heavy atom. The number of nitrogens with zero attached hydrogens (tertiary/aromatic N) is 1. The van der Waals surface area contributed by atoms with Crippen LogP contribution in [0.4, 0.5) is 0 Å². The molecule has 0 aliphatic heterocycles. The summed E-state index contributed by atoms with van der Waals surface area (Å²) in [5.74, 6) is 0. The van der Waals surface area contributed by atoms with E-state index in [1.165, 1.54) is 32.1 Å². The van der Waals surface area contributed by atoms with E-state index in [2.05, 4.69) is 51.0 Å². The lowest BCUT2D eigenvalue weighted by atomic mass is 9.79. The minimum atomic E-state index is 0.238. The van der Waals surface area contributed by atoms with Crippen LogP contribution >= 0.6 is 0 Å². The van der Waals surface area contributed by atoms with Crippen molar-refractivity contribution in [2.24, 2.45) is 0 Å². The van der Waals surface area contributed by atoms with Crippen molar-refractivity contribution in [3.8, 4) is 0 Å². The summed E-state index contributed by atoms with van der Waals surface area (Å²) in [6.07, 6.45) is 8.96. The van der Waals surface area contributed by atoms with Crippen molar-refractivity contribution in [3.63, 3.8) is 0 Å². The van der Waals surface area contributed by atoms with Gasteiger partial charge in [-0.15, -0.1) is 0 Å². The average molecular weight is 252 g/mol. The molecular weight excluding hydrogens is 220 g/mol. The van der Waals surface area contributed by atoms with Crippen molar-refractivity contribution in [2.75, 3.05) is 20.1 Å². The van der Waals surface area contributed by atoms with Crippen LogP contribution in [0.3, 0.4) is 0 Å². The van der Waals surface area contributed by atoms with Gasteiger partial charge in [-0.3, -0.25) is 4.90 Å². The molecule has 2 unspecified atom stereocenters. The maximum absolute atomic E-state index is 3.60. The van der Waals surface area contributed by atoms with E-state index in [0.29, 0.717) is 6.04 Å². The van der Waals surface area contributed by atoms with E-state index in [-0.39, 0.29) is 5.54 Å². The molecule has 2 nitrogen and oxygen atoms in total. The molecule has 0 aromatic rings. The number of allylic oxidation sites excluding steroid dienone is 1. The molecule has 1 aliphatic carbocycles. The van der Waals surface area contributed by atoms with Crippen LogP contribution in [0, 0.1) is 0 Å². The van der Waals surface area contributed by atoms with Crippen LogP contribution in [0.1, 0.15) is 59.8 Å². The highest BCUT2D eigenvalue weighted by molar-refractivity contribution is 5.20. The van der Waals surface area contributed by atoms with Crippen LogP contribution < -0.4 is 5.32 Å². The fraction of sp³-hybridized carbons (Fsp3) is 0.875. The van der Waals surface area contributed by atoms with Crippen LogP contribution in [0.5, 0.6) is 0 Å². The molecule has 0 saturated heterocycles. The molecule has 1 N–H and O–H groups in total. The molecule has 0 radical (unpaired) electrons. The van der Waals surface area contributed by atoms with Crippen LogP contribution in [-0.4, -0.2) is 36.6 Å². The quantitative estimate of drug-likeness (QED) is 0.697. The van der Waals surface area contributed by atoms with E-state index in [0.717, 1.165) is 13.1 Å². The van der Waals surface area contributed by atoms with Crippen molar-refractivity contribution in [3.05, 3.63) is 11.6 Å². The lowest BCUT2D eigenvalue weighted by Crippen LogP contribution is -2.59. The molecule has 0 spiro atoms. The Morgan fingerprint density at radius 3 is 2.33 bits per heavy atom. The number of likely N-dealkylation sites (N-methyl/N-ethyl adjacent to an activating group) is 2. The zero-order valence-corrected chi connectivity index (χ0v) is 13.1. The molecule has 0 bridgehead atoms. The second-order valence-corrected chi connectivity index (χ2v) is 5.63. The third kappa shape index (κ3) is 3.16. The molecule has 0 saturated carbocycles. The highest BCUT2D eigenvalue weighted by Crippen LogP contribution is 2.32. The van der Waals surface area contributed by atoms with E-state index in [1.807, 2.05) is 0 Å². The minimum Gasteiger partial charge on any atom is -0.312 e. The number of rotatable bonds is 7. The molecule has 0 fully saturated rings. The molecule has 1 aliphatic rings. The third-order valence-corrected chi connectivity index (χ3v) is 4.81. The standard InChI is InChI=1S/C16H32N2/c1-6-16(4,18(7-2)8-3)15(17-5)14-12-10-9-11-13-14/h12,15,17H,6-11,13H2,1-5H3. The lowest BCUT2D eigenvalue weighted by molar-refractivity contribution is 0.0836. The monoisotopic (exact) mass is 252 g/mol. The van der Waals surface area contributed by atoms with Crippen molar-refractivity contribution in [1.29, 1.82) is 0 Å². The Kier molecular flexibility index (Phi) is 6.37. The summed E-state index contributed by atoms with van der Waals surface area (Å²) in [7, 11) is 2.12. The summed E-state index contributed by atoms with van der Waals surface area (Å²) in [5.41, 5.74) is 1.88. The predicted molar refractivity (Wildman–Crippen MR) is 81.0 cm³/mol. The fourth-order valence-corrected chi connectivity index (χ4v) is 3.58. The Labute approximate surface area is 114 Å². The molecular formula is C16H32N2. The summed E-state index contributed by atoms with van der Waals surface area (Å²) in [6, 6.07) is 0.502. The van der Waals surface area contributed by atoms with E-state index >= 15 is 0 Å². The zero-order valence-electron chi connectivity index (χ0n) is 13.1. The first-order chi connectivity index (χ1) is 8.63. The first kappa shape index (κ1) is 15.7. The summed E-state index contributed by atoms with van der Waals surface area (Å²) in [6.45, 7) is 11.6. The van der Waals surface area contributed by atoms with Crippen LogP contribution in [0.2, 0.25) is 0 Å². The van der Waals surface area contributed by atoms with E-state index in [1.54, 1.807) is 5.57 Å². The molecule has 0 aromatic carbocycles. The van der Waals surface area contributed by atoms with Crippen molar-refractivity contribution < 1.29 is 0 Å². The van der Waals surface area contributed by atoms with E-state index in [4.69, 9.17) is 0 Å². The zero-order chi connectivity index (χ0) is 13.6. The Balaban J connectivity index is 2.97. The summed E-state index contributed by atoms with van der Waals surface area (Å²) in [4.78, 5) is 2.61. The SMILES string of the molecule is CCN(CC)C(C)(CC)C(NC)C1=CCCCC1. The van der Waals surface area contributed by atoms with Crippen LogP contribution in [0.15, 0.2) is 11.6 Å². The van der Waals surface area contributed by atoms with Crippen LogP contribution in [-0.2, 0) is 0 Å². The molecule has 0 heterocycles. The molecule has 0 amide bonds. The van der Waals surface area contributed by atoms with Gasteiger partial charge in [0.25, 0.3) is 0 Å². The molecule has 18 heavy (non-hydrogen) atoms. The topological polar surface area (TPSA) is 15.3 Å². The summed E-state index contributed by atoms with van der Waals surface area (Å²) in [5, 5.41) is 3.60. The first-order valence-corrected chi connectivity index (χ1v) is 7.75. The Bertz CT molecular complexity index is 268. The second-order valence-electron chi connectivity index (χ2n) is 5.63. The smallest absolute Gasteiger partial charge is 0.0461 e. The molecule has 0 aromatic heterocycles.